The zero-order chi connectivity index (χ0) is 19.7. The number of pyridine rings is 1. The highest BCUT2D eigenvalue weighted by Gasteiger charge is 2.22. The summed E-state index contributed by atoms with van der Waals surface area (Å²) in [7, 11) is -3.49. The summed E-state index contributed by atoms with van der Waals surface area (Å²) in [6.07, 6.45) is 3.82. The lowest BCUT2D eigenvalue weighted by molar-refractivity contribution is 0.445. The van der Waals surface area contributed by atoms with E-state index < -0.39 is 10.0 Å². The first kappa shape index (κ1) is 19.0. The van der Waals surface area contributed by atoms with Crippen molar-refractivity contribution in [1.29, 1.82) is 0 Å². The fourth-order valence-electron chi connectivity index (χ4n) is 3.14. The van der Waals surface area contributed by atoms with Crippen molar-refractivity contribution in [1.82, 2.24) is 23.7 Å². The van der Waals surface area contributed by atoms with Gasteiger partial charge < -0.3 is 4.98 Å². The smallest absolute Gasteiger partial charge is 0.243 e. The summed E-state index contributed by atoms with van der Waals surface area (Å²) < 4.78 is 28.9. The van der Waals surface area contributed by atoms with Crippen LogP contribution in [0, 0.1) is 0 Å². The number of thioether (sulfide) groups is 1. The third kappa shape index (κ3) is 3.41. The molecule has 146 valence electrons. The van der Waals surface area contributed by atoms with Gasteiger partial charge in [-0.2, -0.15) is 4.31 Å². The van der Waals surface area contributed by atoms with Crippen molar-refractivity contribution >= 4 is 38.3 Å². The molecule has 28 heavy (non-hydrogen) atoms. The van der Waals surface area contributed by atoms with Gasteiger partial charge in [0.05, 0.1) is 33.4 Å². The van der Waals surface area contributed by atoms with Gasteiger partial charge in [-0.1, -0.05) is 31.7 Å². The fraction of sp³-hybridized carbons (Fsp3) is 0.263. The van der Waals surface area contributed by atoms with Crippen LogP contribution in [-0.4, -0.2) is 45.2 Å². The summed E-state index contributed by atoms with van der Waals surface area (Å²) in [4.78, 5) is 12.6. The van der Waals surface area contributed by atoms with E-state index in [1.807, 2.05) is 48.8 Å². The number of fused-ring (bicyclic) bond motifs is 2. The highest BCUT2D eigenvalue weighted by Crippen LogP contribution is 2.25. The number of sulfonamides is 1. The Balaban J connectivity index is 1.58. The summed E-state index contributed by atoms with van der Waals surface area (Å²) in [5.74, 6) is 1.39. The first-order valence-electron chi connectivity index (χ1n) is 9.06. The molecule has 4 aromatic rings. The maximum absolute atomic E-state index is 12.7. The van der Waals surface area contributed by atoms with Crippen LogP contribution in [0.4, 0.5) is 0 Å². The van der Waals surface area contributed by atoms with Gasteiger partial charge in [-0.15, -0.1) is 0 Å². The van der Waals surface area contributed by atoms with Gasteiger partial charge in [-0.05, 0) is 30.3 Å². The molecule has 0 radical (unpaired) electrons. The van der Waals surface area contributed by atoms with Crippen molar-refractivity contribution in [2.45, 2.75) is 29.7 Å². The van der Waals surface area contributed by atoms with Crippen LogP contribution in [0.1, 0.15) is 19.7 Å². The minimum atomic E-state index is -3.49. The Bertz CT molecular complexity index is 1230. The third-order valence-electron chi connectivity index (χ3n) is 4.59. The molecule has 0 saturated carbocycles. The Morgan fingerprint density at radius 3 is 2.79 bits per heavy atom. The van der Waals surface area contributed by atoms with E-state index in [0.717, 1.165) is 27.5 Å². The van der Waals surface area contributed by atoms with Crippen molar-refractivity contribution in [3.8, 4) is 0 Å². The quantitative estimate of drug-likeness (QED) is 0.467. The molecule has 0 bridgehead atoms. The largest absolute Gasteiger partial charge is 0.341 e. The first-order chi connectivity index (χ1) is 13.5. The van der Waals surface area contributed by atoms with Crippen LogP contribution in [0.3, 0.4) is 0 Å². The minimum Gasteiger partial charge on any atom is -0.341 e. The molecule has 1 aromatic carbocycles. The lowest BCUT2D eigenvalue weighted by Gasteiger charge is -2.18. The number of hydrogen-bond acceptors (Lipinski definition) is 5. The van der Waals surface area contributed by atoms with Gasteiger partial charge in [0.25, 0.3) is 0 Å². The van der Waals surface area contributed by atoms with Gasteiger partial charge in [0.15, 0.2) is 5.16 Å². The number of imidazole rings is 2. The molecule has 7 nitrogen and oxygen atoms in total. The normalized spacial score (nSPS) is 12.4. The van der Waals surface area contributed by atoms with E-state index in [9.17, 15) is 8.42 Å². The minimum absolute atomic E-state index is 0.283. The second-order valence-corrected chi connectivity index (χ2v) is 9.16. The summed E-state index contributed by atoms with van der Waals surface area (Å²) in [5.41, 5.74) is 2.51. The van der Waals surface area contributed by atoms with E-state index in [1.165, 1.54) is 4.31 Å². The molecule has 0 spiro atoms. The van der Waals surface area contributed by atoms with Crippen LogP contribution >= 0.6 is 11.8 Å². The van der Waals surface area contributed by atoms with E-state index in [-0.39, 0.29) is 4.90 Å². The Hall–Kier alpha value is -2.36. The number of rotatable bonds is 7. The Morgan fingerprint density at radius 2 is 2.00 bits per heavy atom. The summed E-state index contributed by atoms with van der Waals surface area (Å²) in [6.45, 7) is 4.56. The average molecular weight is 416 g/mol. The maximum Gasteiger partial charge on any atom is 0.243 e. The summed E-state index contributed by atoms with van der Waals surface area (Å²) in [5, 5.41) is 0.890. The topological polar surface area (TPSA) is 83.4 Å². The van der Waals surface area contributed by atoms with Gasteiger partial charge in [0, 0.05) is 19.3 Å². The molecule has 0 amide bonds. The van der Waals surface area contributed by atoms with Gasteiger partial charge in [-0.3, -0.25) is 4.40 Å². The highest BCUT2D eigenvalue weighted by atomic mass is 32.2. The zero-order valence-corrected chi connectivity index (χ0v) is 17.3. The molecule has 1 N–H and O–H groups in total. The molecule has 0 atom stereocenters. The van der Waals surface area contributed by atoms with Crippen LogP contribution in [0.15, 0.2) is 58.8 Å². The van der Waals surface area contributed by atoms with Crippen molar-refractivity contribution in [2.75, 3.05) is 13.1 Å². The molecule has 0 aliphatic rings. The summed E-state index contributed by atoms with van der Waals surface area (Å²) in [6, 6.07) is 11.0. The molecule has 0 saturated heterocycles. The van der Waals surface area contributed by atoms with Crippen molar-refractivity contribution in [3.05, 3.63) is 54.6 Å². The molecular weight excluding hydrogens is 394 g/mol. The van der Waals surface area contributed by atoms with Crippen LogP contribution in [0.25, 0.3) is 16.6 Å². The van der Waals surface area contributed by atoms with E-state index in [4.69, 9.17) is 0 Å². The second kappa shape index (κ2) is 7.57. The van der Waals surface area contributed by atoms with Crippen LogP contribution in [0.5, 0.6) is 0 Å². The van der Waals surface area contributed by atoms with E-state index in [2.05, 4.69) is 15.0 Å². The molecule has 0 fully saturated rings. The second-order valence-electron chi connectivity index (χ2n) is 6.28. The van der Waals surface area contributed by atoms with E-state index in [1.54, 1.807) is 30.0 Å². The Labute approximate surface area is 167 Å². The number of nitrogens with one attached hydrogen (secondary N) is 1. The van der Waals surface area contributed by atoms with Crippen molar-refractivity contribution in [2.24, 2.45) is 0 Å². The van der Waals surface area contributed by atoms with Crippen molar-refractivity contribution in [3.63, 3.8) is 0 Å². The molecule has 0 unspecified atom stereocenters. The molecule has 4 rings (SSSR count). The van der Waals surface area contributed by atoms with Crippen LogP contribution in [-0.2, 0) is 15.8 Å². The molecule has 9 heteroatoms. The summed E-state index contributed by atoms with van der Waals surface area (Å²) >= 11 is 1.58. The first-order valence-corrected chi connectivity index (χ1v) is 11.5. The number of nitrogens with zero attached hydrogens (tertiary/aromatic N) is 4. The zero-order valence-electron chi connectivity index (χ0n) is 15.7. The molecule has 3 heterocycles. The Kier molecular flexibility index (Phi) is 5.13. The maximum atomic E-state index is 12.7. The lowest BCUT2D eigenvalue weighted by atomic mass is 10.3. The van der Waals surface area contributed by atoms with E-state index >= 15 is 0 Å². The van der Waals surface area contributed by atoms with Crippen LogP contribution in [0.2, 0.25) is 0 Å². The SMILES string of the molecule is CCN(CC)S(=O)(=O)c1ccc2nc(CSc3ncc4ccccn34)[nH]c2c1. The number of aromatic amines is 1. The lowest BCUT2D eigenvalue weighted by Crippen LogP contribution is -2.30. The molecular formula is C19H21N5O2S2. The number of benzene rings is 1. The molecule has 0 aliphatic heterocycles. The monoisotopic (exact) mass is 415 g/mol. The molecule has 3 aromatic heterocycles. The van der Waals surface area contributed by atoms with Crippen molar-refractivity contribution < 1.29 is 8.42 Å². The number of H-pyrrole nitrogens is 1. The van der Waals surface area contributed by atoms with Gasteiger partial charge >= 0.3 is 0 Å². The predicted octanol–water partition coefficient (Wildman–Crippen LogP) is 3.53. The third-order valence-corrected chi connectivity index (χ3v) is 7.61. The van der Waals surface area contributed by atoms with Gasteiger partial charge in [0.2, 0.25) is 10.0 Å². The highest BCUT2D eigenvalue weighted by molar-refractivity contribution is 7.98. The van der Waals surface area contributed by atoms with Gasteiger partial charge in [-0.25, -0.2) is 18.4 Å². The number of aromatic nitrogens is 4. The van der Waals surface area contributed by atoms with Crippen LogP contribution < -0.4 is 0 Å². The molecule has 0 aliphatic carbocycles. The fourth-order valence-corrected chi connectivity index (χ4v) is 5.46. The average Bonchev–Trinajstić information content (AvgIpc) is 3.30. The van der Waals surface area contributed by atoms with E-state index in [0.29, 0.717) is 18.8 Å². The standard InChI is InChI=1S/C19H21N5O2S2/c1-3-23(4-2)28(25,26)15-8-9-16-17(11-15)22-18(21-16)13-27-19-20-12-14-7-5-6-10-24(14)19/h5-12H,3-4,13H2,1-2H3,(H,21,22). The Morgan fingerprint density at radius 1 is 1.18 bits per heavy atom. The van der Waals surface area contributed by atoms with Gasteiger partial charge in [0.1, 0.15) is 5.82 Å². The number of hydrogen-bond donors (Lipinski definition) is 1. The predicted molar refractivity (Wildman–Crippen MR) is 111 cm³/mol.